The Morgan fingerprint density at radius 1 is 1.12 bits per heavy atom. The molecule has 1 fully saturated rings. The van der Waals surface area contributed by atoms with Crippen molar-refractivity contribution in [3.05, 3.63) is 36.5 Å². The number of nitrogens with one attached hydrogen (secondary N) is 3. The molecule has 0 radical (unpaired) electrons. The molecule has 1 aliphatic rings. The van der Waals surface area contributed by atoms with E-state index in [1.54, 1.807) is 29.2 Å². The molecule has 3 aromatic rings. The number of alkyl carbamates (subject to hydrolysis) is 1. The van der Waals surface area contributed by atoms with Gasteiger partial charge in [0.2, 0.25) is 5.95 Å². The van der Waals surface area contributed by atoms with E-state index in [0.29, 0.717) is 30.1 Å². The Bertz CT molecular complexity index is 1020. The molecule has 0 aliphatic heterocycles. The minimum Gasteiger partial charge on any atom is -0.444 e. The maximum atomic E-state index is 12.0. The molecular formula is C21H29N9O2. The van der Waals surface area contributed by atoms with Gasteiger partial charge >= 0.3 is 6.09 Å². The first-order valence-corrected chi connectivity index (χ1v) is 10.8. The van der Waals surface area contributed by atoms with Crippen LogP contribution in [0.15, 0.2) is 30.7 Å². The molecule has 0 spiro atoms. The summed E-state index contributed by atoms with van der Waals surface area (Å²) in [7, 11) is 0. The average Bonchev–Trinajstić information content (AvgIpc) is 3.16. The molecule has 3 N–H and O–H groups in total. The molecule has 3 aromatic heterocycles. The second kappa shape index (κ2) is 9.33. The number of carbonyl (C=O) groups is 1. The lowest BCUT2D eigenvalue weighted by Crippen LogP contribution is -2.42. The van der Waals surface area contributed by atoms with E-state index < -0.39 is 5.60 Å². The van der Waals surface area contributed by atoms with Crippen LogP contribution in [-0.4, -0.2) is 53.3 Å². The highest BCUT2D eigenvalue weighted by Crippen LogP contribution is 2.22. The van der Waals surface area contributed by atoms with Crippen LogP contribution in [0.4, 0.5) is 16.6 Å². The van der Waals surface area contributed by atoms with Crippen LogP contribution in [0.25, 0.3) is 5.78 Å². The Kier molecular flexibility index (Phi) is 6.33. The SMILES string of the molecule is CC(C)(C)OC(=O)NC1CCC(Nc2ccnc(NCc3nc4ncccn4n3)n2)CC1. The van der Waals surface area contributed by atoms with Crippen molar-refractivity contribution in [1.29, 1.82) is 0 Å². The molecular weight excluding hydrogens is 410 g/mol. The van der Waals surface area contributed by atoms with E-state index in [1.807, 2.05) is 26.8 Å². The van der Waals surface area contributed by atoms with Crippen molar-refractivity contribution in [3.8, 4) is 0 Å². The standard InChI is InChI=1S/C21H29N9O2/c1-21(2,3)32-20(31)26-15-7-5-14(6-8-15)25-16-9-11-22-18(27-16)24-13-17-28-19-23-10-4-12-30(19)29-17/h4,9-12,14-15H,5-8,13H2,1-3H3,(H,26,31)(H2,22,24,25,27). The van der Waals surface area contributed by atoms with Crippen LogP contribution >= 0.6 is 0 Å². The number of hydrogen-bond acceptors (Lipinski definition) is 9. The summed E-state index contributed by atoms with van der Waals surface area (Å²) in [6, 6.07) is 4.08. The monoisotopic (exact) mass is 439 g/mol. The number of fused-ring (bicyclic) bond motifs is 1. The molecule has 170 valence electrons. The van der Waals surface area contributed by atoms with Crippen LogP contribution in [0.1, 0.15) is 52.3 Å². The number of carbonyl (C=O) groups excluding carboxylic acids is 1. The van der Waals surface area contributed by atoms with Crippen LogP contribution in [0, 0.1) is 0 Å². The fraction of sp³-hybridized carbons (Fsp3) is 0.524. The third kappa shape index (κ3) is 6.02. The molecule has 4 rings (SSSR count). The maximum Gasteiger partial charge on any atom is 0.407 e. The van der Waals surface area contributed by atoms with Crippen molar-refractivity contribution in [2.24, 2.45) is 0 Å². The molecule has 1 amide bonds. The van der Waals surface area contributed by atoms with Crippen LogP contribution in [0.3, 0.4) is 0 Å². The number of nitrogens with zero attached hydrogens (tertiary/aromatic N) is 6. The van der Waals surface area contributed by atoms with Gasteiger partial charge in [-0.1, -0.05) is 0 Å². The molecule has 0 aromatic carbocycles. The summed E-state index contributed by atoms with van der Waals surface area (Å²) < 4.78 is 6.97. The second-order valence-corrected chi connectivity index (χ2v) is 8.85. The lowest BCUT2D eigenvalue weighted by atomic mass is 9.91. The van der Waals surface area contributed by atoms with Crippen molar-refractivity contribution in [2.75, 3.05) is 10.6 Å². The highest BCUT2D eigenvalue weighted by atomic mass is 16.6. The summed E-state index contributed by atoms with van der Waals surface area (Å²) in [6.45, 7) is 5.99. The fourth-order valence-electron chi connectivity index (χ4n) is 3.60. The van der Waals surface area contributed by atoms with Gasteiger partial charge < -0.3 is 20.7 Å². The zero-order chi connectivity index (χ0) is 22.6. The van der Waals surface area contributed by atoms with Crippen LogP contribution in [0.5, 0.6) is 0 Å². The minimum absolute atomic E-state index is 0.137. The number of hydrogen-bond donors (Lipinski definition) is 3. The van der Waals surface area contributed by atoms with Crippen LogP contribution in [0.2, 0.25) is 0 Å². The van der Waals surface area contributed by atoms with E-state index in [9.17, 15) is 4.79 Å². The number of ether oxygens (including phenoxy) is 1. The molecule has 1 saturated carbocycles. The van der Waals surface area contributed by atoms with Crippen LogP contribution in [-0.2, 0) is 11.3 Å². The Balaban J connectivity index is 1.25. The Morgan fingerprint density at radius 2 is 1.91 bits per heavy atom. The van der Waals surface area contributed by atoms with Crippen LogP contribution < -0.4 is 16.0 Å². The summed E-state index contributed by atoms with van der Waals surface area (Å²) >= 11 is 0. The predicted molar refractivity (Wildman–Crippen MR) is 119 cm³/mol. The topological polar surface area (TPSA) is 131 Å². The molecule has 3 heterocycles. The van der Waals surface area contributed by atoms with E-state index in [4.69, 9.17) is 4.74 Å². The first-order valence-electron chi connectivity index (χ1n) is 10.8. The molecule has 0 unspecified atom stereocenters. The number of aromatic nitrogens is 6. The smallest absolute Gasteiger partial charge is 0.407 e. The molecule has 11 nitrogen and oxygen atoms in total. The normalized spacial score (nSPS) is 18.8. The summed E-state index contributed by atoms with van der Waals surface area (Å²) in [4.78, 5) is 29.3. The minimum atomic E-state index is -0.486. The first kappa shape index (κ1) is 21.7. The number of anilines is 2. The summed E-state index contributed by atoms with van der Waals surface area (Å²) in [6.07, 6.45) is 8.50. The van der Waals surface area contributed by atoms with Crippen molar-refractivity contribution >= 4 is 23.6 Å². The summed E-state index contributed by atoms with van der Waals surface area (Å²) in [5, 5.41) is 14.0. The number of rotatable bonds is 6. The quantitative estimate of drug-likeness (QED) is 0.530. The van der Waals surface area contributed by atoms with Gasteiger partial charge in [-0.2, -0.15) is 9.97 Å². The van der Waals surface area contributed by atoms with Gasteiger partial charge in [0.1, 0.15) is 11.4 Å². The fourth-order valence-corrected chi connectivity index (χ4v) is 3.60. The molecule has 0 bridgehead atoms. The molecule has 1 aliphatic carbocycles. The van der Waals surface area contributed by atoms with E-state index in [0.717, 1.165) is 31.5 Å². The Morgan fingerprint density at radius 3 is 2.66 bits per heavy atom. The van der Waals surface area contributed by atoms with Crippen molar-refractivity contribution in [2.45, 2.75) is 70.7 Å². The average molecular weight is 440 g/mol. The molecule has 32 heavy (non-hydrogen) atoms. The Hall–Kier alpha value is -3.50. The zero-order valence-corrected chi connectivity index (χ0v) is 18.6. The van der Waals surface area contributed by atoms with Gasteiger partial charge in [0.15, 0.2) is 5.82 Å². The molecule has 0 saturated heterocycles. The first-order chi connectivity index (χ1) is 15.3. The highest BCUT2D eigenvalue weighted by Gasteiger charge is 2.25. The zero-order valence-electron chi connectivity index (χ0n) is 18.6. The predicted octanol–water partition coefficient (Wildman–Crippen LogP) is 2.77. The summed E-state index contributed by atoms with van der Waals surface area (Å²) in [5.41, 5.74) is -0.486. The van der Waals surface area contributed by atoms with Gasteiger partial charge in [-0.15, -0.1) is 5.10 Å². The van der Waals surface area contributed by atoms with E-state index in [1.165, 1.54) is 0 Å². The Labute approximate surface area is 186 Å². The van der Waals surface area contributed by atoms with Crippen molar-refractivity contribution < 1.29 is 9.53 Å². The van der Waals surface area contributed by atoms with Crippen molar-refractivity contribution in [3.63, 3.8) is 0 Å². The highest BCUT2D eigenvalue weighted by molar-refractivity contribution is 5.68. The van der Waals surface area contributed by atoms with E-state index in [-0.39, 0.29) is 12.1 Å². The third-order valence-electron chi connectivity index (χ3n) is 5.02. The lowest BCUT2D eigenvalue weighted by molar-refractivity contribution is 0.0492. The van der Waals surface area contributed by atoms with Crippen molar-refractivity contribution in [1.82, 2.24) is 34.9 Å². The summed E-state index contributed by atoms with van der Waals surface area (Å²) in [5.74, 6) is 2.43. The molecule has 11 heteroatoms. The lowest BCUT2D eigenvalue weighted by Gasteiger charge is -2.30. The third-order valence-corrected chi connectivity index (χ3v) is 5.02. The second-order valence-electron chi connectivity index (χ2n) is 8.85. The van der Waals surface area contributed by atoms with Gasteiger partial charge in [0.05, 0.1) is 6.54 Å². The van der Waals surface area contributed by atoms with Gasteiger partial charge in [-0.3, -0.25) is 0 Å². The van der Waals surface area contributed by atoms with E-state index >= 15 is 0 Å². The van der Waals surface area contributed by atoms with Gasteiger partial charge in [0, 0.05) is 30.7 Å². The largest absolute Gasteiger partial charge is 0.444 e. The van der Waals surface area contributed by atoms with Gasteiger partial charge in [-0.25, -0.2) is 19.3 Å². The number of amides is 1. The van der Waals surface area contributed by atoms with Gasteiger partial charge in [-0.05, 0) is 58.6 Å². The maximum absolute atomic E-state index is 12.0. The van der Waals surface area contributed by atoms with Gasteiger partial charge in [0.25, 0.3) is 5.78 Å². The molecule has 0 atom stereocenters. The van der Waals surface area contributed by atoms with E-state index in [2.05, 4.69) is 41.0 Å².